The molecular formula is C6H4F3NO2S. The van der Waals surface area contributed by atoms with Gasteiger partial charge in [-0.25, -0.2) is 4.79 Å². The third-order valence-corrected chi connectivity index (χ3v) is 1.92. The summed E-state index contributed by atoms with van der Waals surface area (Å²) in [4.78, 5) is 10.2. The number of ether oxygens (including phenoxy) is 1. The van der Waals surface area contributed by atoms with Gasteiger partial charge < -0.3 is 10.5 Å². The summed E-state index contributed by atoms with van der Waals surface area (Å²) in [6.45, 7) is 0. The van der Waals surface area contributed by atoms with Gasteiger partial charge in [0.1, 0.15) is 5.56 Å². The van der Waals surface area contributed by atoms with Crippen LogP contribution in [0.25, 0.3) is 0 Å². The van der Waals surface area contributed by atoms with Crippen molar-refractivity contribution < 1.29 is 22.7 Å². The first-order chi connectivity index (χ1) is 5.91. The Morgan fingerprint density at radius 2 is 2.15 bits per heavy atom. The number of nitrogens with two attached hydrogens (primary N) is 1. The minimum Gasteiger partial charge on any atom is -0.399 e. The highest BCUT2D eigenvalue weighted by molar-refractivity contribution is 7.12. The van der Waals surface area contributed by atoms with Crippen molar-refractivity contribution in [1.29, 1.82) is 0 Å². The van der Waals surface area contributed by atoms with E-state index in [9.17, 15) is 18.0 Å². The summed E-state index contributed by atoms with van der Waals surface area (Å²) in [6.07, 6.45) is -5.78. The highest BCUT2D eigenvalue weighted by atomic mass is 32.1. The lowest BCUT2D eigenvalue weighted by atomic mass is 10.3. The van der Waals surface area contributed by atoms with Gasteiger partial charge in [-0.1, -0.05) is 0 Å². The van der Waals surface area contributed by atoms with Gasteiger partial charge in [-0.2, -0.15) is 13.2 Å². The van der Waals surface area contributed by atoms with E-state index >= 15 is 0 Å². The van der Waals surface area contributed by atoms with Crippen LogP contribution >= 0.6 is 11.3 Å². The molecular weight excluding hydrogens is 207 g/mol. The van der Waals surface area contributed by atoms with Crippen molar-refractivity contribution in [2.24, 2.45) is 5.73 Å². The van der Waals surface area contributed by atoms with Gasteiger partial charge in [0.05, 0.1) is 0 Å². The van der Waals surface area contributed by atoms with Crippen molar-refractivity contribution in [3.8, 4) is 5.06 Å². The normalized spacial score (nSPS) is 11.3. The Bertz CT molecular complexity index is 320. The van der Waals surface area contributed by atoms with Crippen LogP contribution in [0.15, 0.2) is 11.4 Å². The summed E-state index contributed by atoms with van der Waals surface area (Å²) in [5, 5.41) is 0.640. The van der Waals surface area contributed by atoms with E-state index in [0.29, 0.717) is 11.3 Å². The zero-order valence-electron chi connectivity index (χ0n) is 6.09. The average molecular weight is 211 g/mol. The van der Waals surface area contributed by atoms with E-state index in [4.69, 9.17) is 0 Å². The second-order valence-electron chi connectivity index (χ2n) is 2.04. The second kappa shape index (κ2) is 3.25. The van der Waals surface area contributed by atoms with Crippen LogP contribution in [0, 0.1) is 0 Å². The number of carbonyl (C=O) groups is 1. The summed E-state index contributed by atoms with van der Waals surface area (Å²) >= 11 is 0.662. The topological polar surface area (TPSA) is 52.3 Å². The highest BCUT2D eigenvalue weighted by Crippen LogP contribution is 2.39. The largest absolute Gasteiger partial charge is 0.420 e. The van der Waals surface area contributed by atoms with Gasteiger partial charge in [0.15, 0.2) is 5.06 Å². The molecule has 1 aromatic heterocycles. The third kappa shape index (κ3) is 2.35. The fourth-order valence-corrected chi connectivity index (χ4v) is 1.44. The fraction of sp³-hybridized carbons (Fsp3) is 0.167. The van der Waals surface area contributed by atoms with E-state index in [2.05, 4.69) is 10.5 Å². The fourth-order valence-electron chi connectivity index (χ4n) is 0.676. The summed E-state index contributed by atoms with van der Waals surface area (Å²) in [6, 6.07) is 0.822. The molecule has 1 amide bonds. The van der Waals surface area contributed by atoms with Crippen LogP contribution < -0.4 is 10.5 Å². The van der Waals surface area contributed by atoms with Gasteiger partial charge in [0.25, 0.3) is 0 Å². The van der Waals surface area contributed by atoms with Gasteiger partial charge in [0.2, 0.25) is 0 Å². The molecule has 1 aromatic rings. The number of alkyl halides is 3. The van der Waals surface area contributed by atoms with Crippen molar-refractivity contribution in [2.75, 3.05) is 0 Å². The maximum atomic E-state index is 12.1. The Labute approximate surface area is 74.9 Å². The molecule has 1 heterocycles. The Morgan fingerprint density at radius 1 is 1.54 bits per heavy atom. The molecule has 1 rings (SSSR count). The molecule has 0 aliphatic heterocycles. The van der Waals surface area contributed by atoms with Crippen molar-refractivity contribution >= 4 is 17.4 Å². The number of rotatable bonds is 1. The number of halogens is 3. The molecule has 0 saturated heterocycles. The molecule has 0 aromatic carbocycles. The molecule has 13 heavy (non-hydrogen) atoms. The maximum Gasteiger partial charge on any atom is 0.420 e. The molecule has 3 nitrogen and oxygen atoms in total. The lowest BCUT2D eigenvalue weighted by Crippen LogP contribution is -2.17. The van der Waals surface area contributed by atoms with Gasteiger partial charge in [0, 0.05) is 0 Å². The highest BCUT2D eigenvalue weighted by Gasteiger charge is 2.35. The Hall–Kier alpha value is -1.24. The van der Waals surface area contributed by atoms with Crippen molar-refractivity contribution in [1.82, 2.24) is 0 Å². The second-order valence-corrected chi connectivity index (χ2v) is 2.92. The molecule has 0 unspecified atom stereocenters. The molecule has 0 atom stereocenters. The minimum atomic E-state index is -4.52. The molecule has 7 heteroatoms. The van der Waals surface area contributed by atoms with Gasteiger partial charge in [-0.05, 0) is 11.4 Å². The number of carbonyl (C=O) groups excluding carboxylic acids is 1. The number of amides is 1. The zero-order valence-corrected chi connectivity index (χ0v) is 6.91. The van der Waals surface area contributed by atoms with Gasteiger partial charge in [-0.15, -0.1) is 11.3 Å². The molecule has 0 spiro atoms. The predicted octanol–water partition coefficient (Wildman–Crippen LogP) is 2.22. The van der Waals surface area contributed by atoms with Crippen LogP contribution in [0.2, 0.25) is 0 Å². The van der Waals surface area contributed by atoms with Crippen molar-refractivity contribution in [3.63, 3.8) is 0 Å². The monoisotopic (exact) mass is 211 g/mol. The lowest BCUT2D eigenvalue weighted by molar-refractivity contribution is -0.138. The molecule has 0 fully saturated rings. The van der Waals surface area contributed by atoms with E-state index in [-0.39, 0.29) is 0 Å². The van der Waals surface area contributed by atoms with Crippen LogP contribution in [-0.4, -0.2) is 6.09 Å². The van der Waals surface area contributed by atoms with E-state index < -0.39 is 22.9 Å². The first-order valence-corrected chi connectivity index (χ1v) is 3.91. The number of thiophene rings is 1. The van der Waals surface area contributed by atoms with Crippen molar-refractivity contribution in [2.45, 2.75) is 6.18 Å². The molecule has 0 aliphatic carbocycles. The van der Waals surface area contributed by atoms with E-state index in [0.717, 1.165) is 6.07 Å². The molecule has 0 saturated carbocycles. The number of hydrogen-bond acceptors (Lipinski definition) is 3. The zero-order chi connectivity index (χ0) is 10.1. The first-order valence-electron chi connectivity index (χ1n) is 3.03. The molecule has 0 radical (unpaired) electrons. The Kier molecular flexibility index (Phi) is 2.46. The standard InChI is InChI=1S/C6H4F3NO2S/c7-6(8,9)3-1-2-13-4(3)12-5(10)11/h1-2H,(H2,10,11). The van der Waals surface area contributed by atoms with Gasteiger partial charge >= 0.3 is 12.3 Å². The summed E-state index contributed by atoms with van der Waals surface area (Å²) < 4.78 is 40.5. The van der Waals surface area contributed by atoms with E-state index in [1.54, 1.807) is 0 Å². The average Bonchev–Trinajstić information content (AvgIpc) is 2.31. The molecule has 72 valence electrons. The number of hydrogen-bond donors (Lipinski definition) is 1. The summed E-state index contributed by atoms with van der Waals surface area (Å²) in [5.74, 6) is 0. The first kappa shape index (κ1) is 9.85. The molecule has 2 N–H and O–H groups in total. The minimum absolute atomic E-state index is 0.528. The lowest BCUT2D eigenvalue weighted by Gasteiger charge is -2.05. The maximum absolute atomic E-state index is 12.1. The van der Waals surface area contributed by atoms with Crippen LogP contribution in [-0.2, 0) is 6.18 Å². The smallest absolute Gasteiger partial charge is 0.399 e. The SMILES string of the molecule is NC(=O)Oc1sccc1C(F)(F)F. The molecule has 0 aliphatic rings. The number of primary amides is 1. The van der Waals surface area contributed by atoms with Crippen LogP contribution in [0.3, 0.4) is 0 Å². The van der Waals surface area contributed by atoms with Crippen LogP contribution in [0.1, 0.15) is 5.56 Å². The summed E-state index contributed by atoms with van der Waals surface area (Å²) in [5.41, 5.74) is 3.58. The van der Waals surface area contributed by atoms with Crippen molar-refractivity contribution in [3.05, 3.63) is 17.0 Å². The van der Waals surface area contributed by atoms with E-state index in [1.165, 1.54) is 5.38 Å². The Balaban J connectivity index is 2.96. The van der Waals surface area contributed by atoms with E-state index in [1.807, 2.05) is 0 Å². The third-order valence-electron chi connectivity index (χ3n) is 1.13. The summed E-state index contributed by atoms with van der Waals surface area (Å²) in [7, 11) is 0. The van der Waals surface area contributed by atoms with Crippen LogP contribution in [0.4, 0.5) is 18.0 Å². The Morgan fingerprint density at radius 3 is 2.62 bits per heavy atom. The molecule has 0 bridgehead atoms. The van der Waals surface area contributed by atoms with Gasteiger partial charge in [-0.3, -0.25) is 0 Å². The van der Waals surface area contributed by atoms with Crippen LogP contribution in [0.5, 0.6) is 5.06 Å². The quantitative estimate of drug-likeness (QED) is 0.774. The predicted molar refractivity (Wildman–Crippen MR) is 39.5 cm³/mol.